The second-order valence-electron chi connectivity index (χ2n) is 8.63. The van der Waals surface area contributed by atoms with Crippen molar-refractivity contribution in [3.8, 4) is 28.2 Å². The third kappa shape index (κ3) is 3.74. The highest BCUT2D eigenvalue weighted by atomic mass is 35.5. The van der Waals surface area contributed by atoms with Gasteiger partial charge in [-0.1, -0.05) is 18.5 Å². The Morgan fingerprint density at radius 1 is 1.19 bits per heavy atom. The molecule has 0 bridgehead atoms. The first-order valence-corrected chi connectivity index (χ1v) is 11.5. The number of tetrazole rings is 1. The van der Waals surface area contributed by atoms with Gasteiger partial charge < -0.3 is 10.7 Å². The Hall–Kier alpha value is -4.52. The summed E-state index contributed by atoms with van der Waals surface area (Å²) in [5.74, 6) is -0.679. The number of aromatic amines is 1. The van der Waals surface area contributed by atoms with Crippen LogP contribution in [0.3, 0.4) is 0 Å². The van der Waals surface area contributed by atoms with Gasteiger partial charge in [-0.15, -0.1) is 5.10 Å². The fourth-order valence-electron chi connectivity index (χ4n) is 4.62. The number of pyridine rings is 1. The number of nitrogens with one attached hydrogen (secondary N) is 1. The predicted molar refractivity (Wildman–Crippen MR) is 129 cm³/mol. The highest BCUT2D eigenvalue weighted by Crippen LogP contribution is 2.39. The van der Waals surface area contributed by atoms with Gasteiger partial charge in [0.15, 0.2) is 5.82 Å². The Morgan fingerprint density at radius 2 is 2.03 bits per heavy atom. The Morgan fingerprint density at radius 3 is 2.78 bits per heavy atom. The summed E-state index contributed by atoms with van der Waals surface area (Å²) in [7, 11) is 0. The molecule has 0 spiro atoms. The lowest BCUT2D eigenvalue weighted by atomic mass is 10.1. The zero-order valence-corrected chi connectivity index (χ0v) is 19.9. The van der Waals surface area contributed by atoms with Crippen molar-refractivity contribution in [2.75, 3.05) is 5.73 Å². The van der Waals surface area contributed by atoms with Crippen LogP contribution in [0.4, 0.5) is 14.6 Å². The predicted octanol–water partition coefficient (Wildman–Crippen LogP) is 3.28. The van der Waals surface area contributed by atoms with Crippen molar-refractivity contribution < 1.29 is 8.78 Å². The number of hydrogen-bond acceptors (Lipinski definition) is 8. The van der Waals surface area contributed by atoms with Crippen molar-refractivity contribution >= 4 is 17.4 Å². The van der Waals surface area contributed by atoms with E-state index in [0.717, 1.165) is 0 Å². The second kappa shape index (κ2) is 8.55. The van der Waals surface area contributed by atoms with Gasteiger partial charge in [0.1, 0.15) is 23.8 Å². The number of fused-ring (bicyclic) bond motifs is 1. The van der Waals surface area contributed by atoms with Crippen molar-refractivity contribution in [1.29, 1.82) is 0 Å². The number of nitrogens with two attached hydrogens (primary N) is 1. The smallest absolute Gasteiger partial charge is 0.254 e. The van der Waals surface area contributed by atoms with Gasteiger partial charge in [-0.2, -0.15) is 9.07 Å². The van der Waals surface area contributed by atoms with E-state index in [0.29, 0.717) is 23.8 Å². The average molecular weight is 523 g/mol. The highest BCUT2D eigenvalue weighted by Gasteiger charge is 2.34. The number of halogens is 3. The lowest BCUT2D eigenvalue weighted by molar-refractivity contribution is 0.555. The number of aromatic nitrogens is 9. The monoisotopic (exact) mass is 522 g/mol. The molecule has 0 saturated carbocycles. The van der Waals surface area contributed by atoms with Crippen LogP contribution in [0.1, 0.15) is 37.0 Å². The molecule has 2 atom stereocenters. The quantitative estimate of drug-likeness (QED) is 0.342. The van der Waals surface area contributed by atoms with Crippen LogP contribution >= 0.6 is 11.6 Å². The first-order chi connectivity index (χ1) is 17.8. The second-order valence-corrected chi connectivity index (χ2v) is 9.03. The van der Waals surface area contributed by atoms with Crippen LogP contribution in [0.5, 0.6) is 0 Å². The summed E-state index contributed by atoms with van der Waals surface area (Å²) in [5, 5.41) is 10.9. The summed E-state index contributed by atoms with van der Waals surface area (Å²) in [6, 6.07) is 6.67. The molecule has 1 aliphatic rings. The van der Waals surface area contributed by atoms with Crippen LogP contribution in [0.2, 0.25) is 5.02 Å². The molecule has 11 nitrogen and oxygen atoms in total. The maximum absolute atomic E-state index is 15.3. The third-order valence-corrected chi connectivity index (χ3v) is 6.60. The molecule has 0 aliphatic carbocycles. The fourth-order valence-corrected chi connectivity index (χ4v) is 4.77. The van der Waals surface area contributed by atoms with Gasteiger partial charge in [-0.25, -0.2) is 19.3 Å². The van der Waals surface area contributed by atoms with Crippen molar-refractivity contribution in [2.45, 2.75) is 25.3 Å². The lowest BCUT2D eigenvalue weighted by Gasteiger charge is -2.15. The van der Waals surface area contributed by atoms with E-state index >= 15 is 4.39 Å². The summed E-state index contributed by atoms with van der Waals surface area (Å²) in [6.07, 6.45) is 3.28. The first-order valence-electron chi connectivity index (χ1n) is 11.1. The number of anilines is 1. The molecule has 14 heteroatoms. The van der Waals surface area contributed by atoms with Crippen molar-refractivity contribution in [2.24, 2.45) is 0 Å². The number of nitrogens with zero attached hydrogens (tertiary/aromatic N) is 8. The molecule has 37 heavy (non-hydrogen) atoms. The highest BCUT2D eigenvalue weighted by molar-refractivity contribution is 6.31. The van der Waals surface area contributed by atoms with E-state index in [9.17, 15) is 9.18 Å². The molecule has 0 saturated heterocycles. The first kappa shape index (κ1) is 22.9. The summed E-state index contributed by atoms with van der Waals surface area (Å²) in [6.45, 7) is 1.91. The van der Waals surface area contributed by atoms with Crippen LogP contribution in [0.15, 0.2) is 47.7 Å². The normalized spacial score (nSPS) is 16.8. The molecule has 1 aromatic carbocycles. The molecule has 0 fully saturated rings. The molecular formula is C23H17ClF2N10O. The molecule has 6 rings (SSSR count). The van der Waals surface area contributed by atoms with E-state index in [1.807, 2.05) is 6.92 Å². The van der Waals surface area contributed by atoms with E-state index in [-0.39, 0.29) is 39.3 Å². The number of rotatable bonds is 4. The maximum atomic E-state index is 15.3. The Balaban J connectivity index is 1.44. The van der Waals surface area contributed by atoms with E-state index in [1.165, 1.54) is 46.0 Å². The summed E-state index contributed by atoms with van der Waals surface area (Å²) < 4.78 is 32.4. The molecular weight excluding hydrogens is 506 g/mol. The van der Waals surface area contributed by atoms with Crippen molar-refractivity contribution in [3.63, 3.8) is 0 Å². The van der Waals surface area contributed by atoms with Crippen molar-refractivity contribution in [3.05, 3.63) is 81.6 Å². The van der Waals surface area contributed by atoms with Crippen LogP contribution in [-0.2, 0) is 0 Å². The maximum Gasteiger partial charge on any atom is 0.254 e. The number of nitrogen functional groups attached to an aromatic ring is 1. The molecule has 186 valence electrons. The molecule has 3 N–H and O–H groups in total. The molecule has 0 radical (unpaired) electrons. The van der Waals surface area contributed by atoms with Gasteiger partial charge in [0.05, 0.1) is 45.5 Å². The number of H-pyrrole nitrogens is 1. The zero-order chi connectivity index (χ0) is 25.8. The molecule has 5 aromatic rings. The van der Waals surface area contributed by atoms with Gasteiger partial charge in [-0.05, 0) is 41.1 Å². The number of imidazole rings is 1. The van der Waals surface area contributed by atoms with Crippen LogP contribution in [-0.4, -0.2) is 44.7 Å². The van der Waals surface area contributed by atoms with Gasteiger partial charge in [0.25, 0.3) is 5.56 Å². The minimum Gasteiger partial charge on any atom is -0.384 e. The SMILES string of the molecule is C[C@H]1C[C@@H](c2ncc(-c3ccc(N)nc3F)[nH]2)n2c1nc(-c1c(-n3cnnn3)ccc(Cl)c1F)cc2=O. The molecule has 5 heterocycles. The minimum atomic E-state index is -0.747. The Kier molecular flexibility index (Phi) is 5.30. The third-order valence-electron chi connectivity index (χ3n) is 6.31. The number of hydrogen-bond donors (Lipinski definition) is 2. The average Bonchev–Trinajstić information content (AvgIpc) is 3.62. The molecule has 0 unspecified atom stereocenters. The summed E-state index contributed by atoms with van der Waals surface area (Å²) in [4.78, 5) is 29.2. The topological polar surface area (TPSA) is 146 Å². The molecule has 1 aliphatic heterocycles. The van der Waals surface area contributed by atoms with E-state index in [2.05, 4.69) is 35.5 Å². The molecule has 4 aromatic heterocycles. The fraction of sp³-hybridized carbons (Fsp3) is 0.174. The lowest BCUT2D eigenvalue weighted by Crippen LogP contribution is -2.25. The number of benzene rings is 1. The summed E-state index contributed by atoms with van der Waals surface area (Å²) >= 11 is 6.06. The van der Waals surface area contributed by atoms with Crippen LogP contribution < -0.4 is 11.3 Å². The largest absolute Gasteiger partial charge is 0.384 e. The molecule has 0 amide bonds. The van der Waals surface area contributed by atoms with E-state index in [1.54, 1.807) is 6.07 Å². The Labute approximate surface area is 212 Å². The van der Waals surface area contributed by atoms with Gasteiger partial charge in [-0.3, -0.25) is 9.36 Å². The van der Waals surface area contributed by atoms with Gasteiger partial charge in [0.2, 0.25) is 5.95 Å². The van der Waals surface area contributed by atoms with Crippen LogP contribution in [0.25, 0.3) is 28.2 Å². The summed E-state index contributed by atoms with van der Waals surface area (Å²) in [5.41, 5.74) is 6.11. The Bertz CT molecular complexity index is 1720. The van der Waals surface area contributed by atoms with Crippen molar-refractivity contribution in [1.82, 2.24) is 44.7 Å². The van der Waals surface area contributed by atoms with Gasteiger partial charge >= 0.3 is 0 Å². The standard InChI is InChI=1S/C23H17ClF2N10O/c1-10-6-16(22-28-8-14(30-22)11-2-5-17(27)32-21(11)26)36-18(37)7-13(31-23(10)36)19-15(35-9-29-33-34-35)4-3-12(24)20(19)25/h2-5,7-10,16H,6H2,1H3,(H2,27,32)(H,28,30)/t10-,16-/m0/s1. The zero-order valence-electron chi connectivity index (χ0n) is 19.1. The van der Waals surface area contributed by atoms with E-state index in [4.69, 9.17) is 17.3 Å². The van der Waals surface area contributed by atoms with Crippen LogP contribution in [0, 0.1) is 11.8 Å². The van der Waals surface area contributed by atoms with Gasteiger partial charge in [0, 0.05) is 12.0 Å². The minimum absolute atomic E-state index is 0.00237. The van der Waals surface area contributed by atoms with E-state index < -0.39 is 23.4 Å².